The lowest BCUT2D eigenvalue weighted by atomic mass is 10.3. The first-order valence-electron chi connectivity index (χ1n) is 5.58. The van der Waals surface area contributed by atoms with Crippen LogP contribution in [-0.2, 0) is 13.1 Å². The van der Waals surface area contributed by atoms with Gasteiger partial charge in [-0.15, -0.1) is 0 Å². The number of aliphatic hydroxyl groups is 1. The summed E-state index contributed by atoms with van der Waals surface area (Å²) in [5, 5.41) is 10.2. The van der Waals surface area contributed by atoms with E-state index in [0.29, 0.717) is 16.6 Å². The van der Waals surface area contributed by atoms with Crippen molar-refractivity contribution in [1.29, 1.82) is 0 Å². The third-order valence-corrected chi connectivity index (χ3v) is 3.74. The van der Waals surface area contributed by atoms with Crippen molar-refractivity contribution < 1.29 is 9.67 Å². The Morgan fingerprint density at radius 1 is 1.29 bits per heavy atom. The Morgan fingerprint density at radius 3 is 2.53 bits per heavy atom. The molecule has 2 rings (SSSR count). The van der Waals surface area contributed by atoms with Crippen LogP contribution in [0.4, 0.5) is 0 Å². The highest BCUT2D eigenvalue weighted by atomic mass is 35.5. The first-order valence-corrected chi connectivity index (χ1v) is 6.34. The largest absolute Gasteiger partial charge is 0.392 e. The summed E-state index contributed by atoms with van der Waals surface area (Å²) in [6, 6.07) is 3.73. The van der Waals surface area contributed by atoms with E-state index in [1.54, 1.807) is 0 Å². The number of rotatable bonds is 3. The van der Waals surface area contributed by atoms with E-state index < -0.39 is 0 Å². The van der Waals surface area contributed by atoms with Crippen LogP contribution in [0.2, 0.25) is 10.0 Å². The van der Waals surface area contributed by atoms with Gasteiger partial charge in [0, 0.05) is 19.1 Å². The summed E-state index contributed by atoms with van der Waals surface area (Å²) in [5.41, 5.74) is 2.06. The zero-order valence-electron chi connectivity index (χ0n) is 9.87. The molecule has 0 fully saturated rings. The van der Waals surface area contributed by atoms with Gasteiger partial charge < -0.3 is 5.11 Å². The monoisotopic (exact) mass is 273 g/mol. The van der Waals surface area contributed by atoms with E-state index in [9.17, 15) is 0 Å². The summed E-state index contributed by atoms with van der Waals surface area (Å²) in [5.74, 6) is 1.09. The van der Waals surface area contributed by atoms with Gasteiger partial charge in [0.05, 0.1) is 23.2 Å². The molecule has 92 valence electrons. The fourth-order valence-corrected chi connectivity index (χ4v) is 2.55. The lowest BCUT2D eigenvalue weighted by Crippen LogP contribution is -2.38. The molecule has 1 N–H and O–H groups in total. The van der Waals surface area contributed by atoms with Crippen molar-refractivity contribution in [1.82, 2.24) is 4.57 Å². The van der Waals surface area contributed by atoms with Gasteiger partial charge >= 0.3 is 0 Å². The third kappa shape index (κ3) is 2.03. The van der Waals surface area contributed by atoms with Crippen LogP contribution in [0.5, 0.6) is 0 Å². The van der Waals surface area contributed by atoms with Crippen LogP contribution in [0.25, 0.3) is 11.0 Å². The van der Waals surface area contributed by atoms with Crippen LogP contribution < -0.4 is 4.57 Å². The highest BCUT2D eigenvalue weighted by Gasteiger charge is 2.21. The molecule has 0 saturated carbocycles. The number of hydrogen-bond donors (Lipinski definition) is 1. The quantitative estimate of drug-likeness (QED) is 0.856. The van der Waals surface area contributed by atoms with Crippen LogP contribution in [-0.4, -0.2) is 16.3 Å². The van der Waals surface area contributed by atoms with Crippen LogP contribution in [0, 0.1) is 6.92 Å². The number of fused-ring (bicyclic) bond motifs is 1. The van der Waals surface area contributed by atoms with Crippen molar-refractivity contribution in [2.24, 2.45) is 0 Å². The zero-order valence-corrected chi connectivity index (χ0v) is 11.4. The van der Waals surface area contributed by atoms with Crippen molar-refractivity contribution in [2.45, 2.75) is 26.9 Å². The molecule has 1 heterocycles. The smallest absolute Gasteiger partial charge is 0.254 e. The Bertz CT molecular complexity index is 563. The van der Waals surface area contributed by atoms with Gasteiger partial charge in [-0.05, 0) is 6.92 Å². The number of imidazole rings is 1. The zero-order chi connectivity index (χ0) is 12.6. The van der Waals surface area contributed by atoms with Gasteiger partial charge in [-0.25, -0.2) is 9.13 Å². The SMILES string of the molecule is CCn1c(C)[n+](CCO)c2cc(Cl)c(Cl)cc21. The summed E-state index contributed by atoms with van der Waals surface area (Å²) in [6.45, 7) is 5.64. The lowest BCUT2D eigenvalue weighted by molar-refractivity contribution is -0.679. The van der Waals surface area contributed by atoms with Gasteiger partial charge in [0.15, 0.2) is 11.0 Å². The molecule has 2 aromatic rings. The van der Waals surface area contributed by atoms with Crippen LogP contribution in [0.15, 0.2) is 12.1 Å². The third-order valence-electron chi connectivity index (χ3n) is 3.02. The van der Waals surface area contributed by atoms with Gasteiger partial charge in [-0.1, -0.05) is 23.2 Å². The molecule has 5 heteroatoms. The molecule has 3 nitrogen and oxygen atoms in total. The van der Waals surface area contributed by atoms with Crippen molar-refractivity contribution in [3.8, 4) is 0 Å². The number of nitrogens with zero attached hydrogens (tertiary/aromatic N) is 2. The topological polar surface area (TPSA) is 29.0 Å². The molecule has 1 aromatic heterocycles. The molecular formula is C12H15Cl2N2O+. The van der Waals surface area contributed by atoms with Crippen molar-refractivity contribution in [3.63, 3.8) is 0 Å². The minimum atomic E-state index is 0.106. The molecule has 0 amide bonds. The maximum absolute atomic E-state index is 9.12. The predicted octanol–water partition coefficient (Wildman–Crippen LogP) is 2.56. The number of aryl methyl sites for hydroxylation is 1. The minimum Gasteiger partial charge on any atom is -0.392 e. The fraction of sp³-hybridized carbons (Fsp3) is 0.417. The molecule has 17 heavy (non-hydrogen) atoms. The molecule has 0 radical (unpaired) electrons. The molecule has 0 aliphatic carbocycles. The molecule has 0 spiro atoms. The molecular weight excluding hydrogens is 259 g/mol. The number of hydrogen-bond acceptors (Lipinski definition) is 1. The van der Waals surface area contributed by atoms with E-state index in [0.717, 1.165) is 23.4 Å². The second-order valence-corrected chi connectivity index (χ2v) is 4.74. The number of aromatic nitrogens is 2. The van der Waals surface area contributed by atoms with Crippen molar-refractivity contribution in [3.05, 3.63) is 28.0 Å². The minimum absolute atomic E-state index is 0.106. The maximum Gasteiger partial charge on any atom is 0.254 e. The Hall–Kier alpha value is -0.770. The van der Waals surface area contributed by atoms with Crippen molar-refractivity contribution >= 4 is 34.2 Å². The van der Waals surface area contributed by atoms with Crippen molar-refractivity contribution in [2.75, 3.05) is 6.61 Å². The molecule has 0 aliphatic rings. The van der Waals surface area contributed by atoms with Gasteiger partial charge in [-0.3, -0.25) is 0 Å². The normalized spacial score (nSPS) is 11.4. The van der Waals surface area contributed by atoms with Gasteiger partial charge in [-0.2, -0.15) is 0 Å². The Morgan fingerprint density at radius 2 is 1.94 bits per heavy atom. The molecule has 0 aliphatic heterocycles. The van der Waals surface area contributed by atoms with Gasteiger partial charge in [0.25, 0.3) is 5.82 Å². The molecule has 0 bridgehead atoms. The van der Waals surface area contributed by atoms with E-state index >= 15 is 0 Å². The first-order chi connectivity index (χ1) is 8.10. The molecule has 0 unspecified atom stereocenters. The highest BCUT2D eigenvalue weighted by molar-refractivity contribution is 6.42. The van der Waals surface area contributed by atoms with E-state index in [2.05, 4.69) is 16.1 Å². The first kappa shape index (κ1) is 12.7. The standard InChI is InChI=1S/C12H15Cl2N2O/c1-3-15-8(2)16(4-5-17)12-7-10(14)9(13)6-11(12)15/h6-7,17H,3-5H2,1-2H3/q+1. The molecule has 0 saturated heterocycles. The van der Waals surface area contributed by atoms with Crippen LogP contribution in [0.1, 0.15) is 12.7 Å². The fourth-order valence-electron chi connectivity index (χ4n) is 2.23. The summed E-state index contributed by atoms with van der Waals surface area (Å²) in [6.07, 6.45) is 0. The number of benzene rings is 1. The van der Waals surface area contributed by atoms with Crippen LogP contribution >= 0.6 is 23.2 Å². The second-order valence-electron chi connectivity index (χ2n) is 3.92. The van der Waals surface area contributed by atoms with E-state index in [1.807, 2.05) is 19.1 Å². The Kier molecular flexibility index (Phi) is 3.61. The average molecular weight is 274 g/mol. The van der Waals surface area contributed by atoms with Gasteiger partial charge in [0.1, 0.15) is 6.54 Å². The number of halogens is 2. The van der Waals surface area contributed by atoms with Gasteiger partial charge in [0.2, 0.25) is 0 Å². The van der Waals surface area contributed by atoms with E-state index in [1.165, 1.54) is 0 Å². The Balaban J connectivity index is 2.80. The second kappa shape index (κ2) is 4.84. The lowest BCUT2D eigenvalue weighted by Gasteiger charge is -1.97. The molecule has 0 atom stereocenters. The van der Waals surface area contributed by atoms with E-state index in [-0.39, 0.29) is 6.61 Å². The Labute approximate surface area is 110 Å². The predicted molar refractivity (Wildman–Crippen MR) is 69.6 cm³/mol. The summed E-state index contributed by atoms with van der Waals surface area (Å²) in [4.78, 5) is 0. The number of aliphatic hydroxyl groups excluding tert-OH is 1. The molecule has 1 aromatic carbocycles. The maximum atomic E-state index is 9.12. The summed E-state index contributed by atoms with van der Waals surface area (Å²) in [7, 11) is 0. The summed E-state index contributed by atoms with van der Waals surface area (Å²) < 4.78 is 4.22. The van der Waals surface area contributed by atoms with E-state index in [4.69, 9.17) is 28.3 Å². The highest BCUT2D eigenvalue weighted by Crippen LogP contribution is 2.27. The summed E-state index contributed by atoms with van der Waals surface area (Å²) >= 11 is 12.1. The van der Waals surface area contributed by atoms with Crippen LogP contribution in [0.3, 0.4) is 0 Å². The average Bonchev–Trinajstić information content (AvgIpc) is 2.54.